The summed E-state index contributed by atoms with van der Waals surface area (Å²) in [4.78, 5) is 11.2. The molecule has 0 aliphatic rings. The van der Waals surface area contributed by atoms with Crippen LogP contribution >= 0.6 is 11.6 Å². The Hall–Kier alpha value is -1.80. The Bertz CT molecular complexity index is 602. The van der Waals surface area contributed by atoms with Gasteiger partial charge in [-0.25, -0.2) is 0 Å². The van der Waals surface area contributed by atoms with Crippen LogP contribution in [0.1, 0.15) is 5.56 Å². The quantitative estimate of drug-likeness (QED) is 0.619. The van der Waals surface area contributed by atoms with E-state index < -0.39 is 0 Å². The number of carbonyl (C=O) groups excluding carboxylic acids is 1. The lowest BCUT2D eigenvalue weighted by molar-refractivity contribution is -0.112. The van der Waals surface area contributed by atoms with E-state index in [0.29, 0.717) is 0 Å². The molecule has 0 radical (unpaired) electrons. The van der Waals surface area contributed by atoms with Crippen LogP contribution in [-0.4, -0.2) is 18.8 Å². The molecule has 0 unspecified atom stereocenters. The lowest BCUT2D eigenvalue weighted by Gasteiger charge is -2.07. The van der Waals surface area contributed by atoms with Crippen LogP contribution in [0.25, 0.3) is 16.8 Å². The number of methoxy groups -OCH3 is 1. The molecule has 0 aromatic heterocycles. The number of halogens is 1. The number of benzene rings is 2. The molecule has 0 amide bonds. The maximum Gasteiger partial charge on any atom is 0.170 e. The van der Waals surface area contributed by atoms with E-state index in [0.717, 1.165) is 22.1 Å². The molecule has 0 fully saturated rings. The number of ether oxygens (including phenoxy) is 1. The van der Waals surface area contributed by atoms with Crippen LogP contribution in [0.3, 0.4) is 0 Å². The summed E-state index contributed by atoms with van der Waals surface area (Å²) in [5.41, 5.74) is 0.977. The zero-order valence-corrected chi connectivity index (χ0v) is 10.8. The Kier molecular flexibility index (Phi) is 4.00. The van der Waals surface area contributed by atoms with Gasteiger partial charge in [0.1, 0.15) is 5.75 Å². The standard InChI is InChI=1S/C15H13ClO2/c1-18-15-9-7-11(6-8-12(17)10-16)13-4-2-3-5-14(13)15/h2-9H,10H2,1H3. The Morgan fingerprint density at radius 2 is 1.94 bits per heavy atom. The van der Waals surface area contributed by atoms with Crippen LogP contribution in [-0.2, 0) is 4.79 Å². The van der Waals surface area contributed by atoms with Gasteiger partial charge < -0.3 is 4.74 Å². The molecule has 2 aromatic carbocycles. The molecule has 0 aliphatic heterocycles. The van der Waals surface area contributed by atoms with Gasteiger partial charge in [-0.1, -0.05) is 36.4 Å². The van der Waals surface area contributed by atoms with Gasteiger partial charge in [-0.05, 0) is 23.1 Å². The van der Waals surface area contributed by atoms with Crippen LogP contribution < -0.4 is 4.74 Å². The number of hydrogen-bond acceptors (Lipinski definition) is 2. The first-order chi connectivity index (χ1) is 8.76. The number of alkyl halides is 1. The Balaban J connectivity index is 2.53. The third-order valence-electron chi connectivity index (χ3n) is 2.72. The van der Waals surface area contributed by atoms with Crippen LogP contribution in [0.15, 0.2) is 42.5 Å². The van der Waals surface area contributed by atoms with E-state index in [1.807, 2.05) is 36.4 Å². The van der Waals surface area contributed by atoms with E-state index in [1.165, 1.54) is 6.08 Å². The van der Waals surface area contributed by atoms with Gasteiger partial charge in [-0.2, -0.15) is 0 Å². The minimum absolute atomic E-state index is 0.00455. The number of hydrogen-bond donors (Lipinski definition) is 0. The summed E-state index contributed by atoms with van der Waals surface area (Å²) in [7, 11) is 1.65. The zero-order chi connectivity index (χ0) is 13.0. The SMILES string of the molecule is COc1ccc(C=CC(=O)CCl)c2ccccc12. The molecule has 3 heteroatoms. The van der Waals surface area contributed by atoms with Gasteiger partial charge in [0, 0.05) is 5.39 Å². The molecule has 0 N–H and O–H groups in total. The van der Waals surface area contributed by atoms with Gasteiger partial charge in [0.2, 0.25) is 0 Å². The van der Waals surface area contributed by atoms with Gasteiger partial charge in [-0.15, -0.1) is 11.6 Å². The van der Waals surface area contributed by atoms with Crippen molar-refractivity contribution in [2.24, 2.45) is 0 Å². The highest BCUT2D eigenvalue weighted by Gasteiger charge is 2.04. The highest BCUT2D eigenvalue weighted by Crippen LogP contribution is 2.28. The molecule has 18 heavy (non-hydrogen) atoms. The summed E-state index contributed by atoms with van der Waals surface area (Å²) in [6, 6.07) is 11.7. The predicted octanol–water partition coefficient (Wildman–Crippen LogP) is 3.67. The molecular weight excluding hydrogens is 248 g/mol. The fourth-order valence-corrected chi connectivity index (χ4v) is 1.93. The summed E-state index contributed by atoms with van der Waals surface area (Å²) in [6.45, 7) is 0. The Labute approximate surface area is 111 Å². The number of rotatable bonds is 4. The maximum atomic E-state index is 11.2. The molecule has 2 rings (SSSR count). The topological polar surface area (TPSA) is 26.3 Å². The maximum absolute atomic E-state index is 11.2. The smallest absolute Gasteiger partial charge is 0.170 e. The van der Waals surface area contributed by atoms with Gasteiger partial charge in [0.05, 0.1) is 13.0 Å². The van der Waals surface area contributed by atoms with Crippen molar-refractivity contribution in [2.75, 3.05) is 13.0 Å². The average molecular weight is 261 g/mol. The van der Waals surface area contributed by atoms with E-state index in [-0.39, 0.29) is 11.7 Å². The molecule has 2 nitrogen and oxygen atoms in total. The van der Waals surface area contributed by atoms with Crippen molar-refractivity contribution in [2.45, 2.75) is 0 Å². The Morgan fingerprint density at radius 3 is 2.61 bits per heavy atom. The third-order valence-corrected chi connectivity index (χ3v) is 2.98. The molecule has 0 aliphatic carbocycles. The van der Waals surface area contributed by atoms with Crippen molar-refractivity contribution in [3.8, 4) is 5.75 Å². The number of fused-ring (bicyclic) bond motifs is 1. The first-order valence-electron chi connectivity index (χ1n) is 5.59. The van der Waals surface area contributed by atoms with Crippen molar-refractivity contribution in [1.29, 1.82) is 0 Å². The second kappa shape index (κ2) is 5.69. The summed E-state index contributed by atoms with van der Waals surface area (Å²) in [5, 5.41) is 2.08. The number of carbonyl (C=O) groups is 1. The first-order valence-corrected chi connectivity index (χ1v) is 6.12. The lowest BCUT2D eigenvalue weighted by atomic mass is 10.0. The first kappa shape index (κ1) is 12.7. The minimum atomic E-state index is -0.100. The molecule has 0 heterocycles. The fraction of sp³-hybridized carbons (Fsp3) is 0.133. The summed E-state index contributed by atoms with van der Waals surface area (Å²) in [5.74, 6) is 0.730. The summed E-state index contributed by atoms with van der Waals surface area (Å²) >= 11 is 5.46. The van der Waals surface area contributed by atoms with E-state index in [2.05, 4.69) is 0 Å². The molecular formula is C15H13ClO2. The monoisotopic (exact) mass is 260 g/mol. The van der Waals surface area contributed by atoms with Crippen LogP contribution in [0.4, 0.5) is 0 Å². The van der Waals surface area contributed by atoms with Crippen LogP contribution in [0, 0.1) is 0 Å². The average Bonchev–Trinajstić information content (AvgIpc) is 2.44. The fourth-order valence-electron chi connectivity index (χ4n) is 1.85. The molecule has 92 valence electrons. The van der Waals surface area contributed by atoms with Crippen molar-refractivity contribution in [3.63, 3.8) is 0 Å². The minimum Gasteiger partial charge on any atom is -0.496 e. The second-order valence-corrected chi connectivity index (χ2v) is 4.10. The Morgan fingerprint density at radius 1 is 1.22 bits per heavy atom. The van der Waals surface area contributed by atoms with Crippen molar-refractivity contribution in [3.05, 3.63) is 48.0 Å². The largest absolute Gasteiger partial charge is 0.496 e. The van der Waals surface area contributed by atoms with Crippen LogP contribution in [0.2, 0.25) is 0 Å². The highest BCUT2D eigenvalue weighted by atomic mass is 35.5. The van der Waals surface area contributed by atoms with Crippen LogP contribution in [0.5, 0.6) is 5.75 Å². The molecule has 0 spiro atoms. The summed E-state index contributed by atoms with van der Waals surface area (Å²) < 4.78 is 5.32. The number of ketones is 1. The molecule has 0 atom stereocenters. The third kappa shape index (κ3) is 2.54. The second-order valence-electron chi connectivity index (χ2n) is 3.84. The molecule has 0 bridgehead atoms. The lowest BCUT2D eigenvalue weighted by Crippen LogP contribution is -1.92. The predicted molar refractivity (Wildman–Crippen MR) is 75.3 cm³/mol. The van der Waals surface area contributed by atoms with Gasteiger partial charge in [0.25, 0.3) is 0 Å². The van der Waals surface area contributed by atoms with Crippen molar-refractivity contribution in [1.82, 2.24) is 0 Å². The molecule has 0 saturated carbocycles. The van der Waals surface area contributed by atoms with E-state index in [1.54, 1.807) is 13.2 Å². The van der Waals surface area contributed by atoms with Crippen molar-refractivity contribution >= 4 is 34.2 Å². The van der Waals surface area contributed by atoms with Gasteiger partial charge >= 0.3 is 0 Å². The summed E-state index contributed by atoms with van der Waals surface area (Å²) in [6.07, 6.45) is 3.29. The van der Waals surface area contributed by atoms with Gasteiger partial charge in [-0.3, -0.25) is 4.79 Å². The number of allylic oxidation sites excluding steroid dienone is 1. The molecule has 2 aromatic rings. The highest BCUT2D eigenvalue weighted by molar-refractivity contribution is 6.29. The van der Waals surface area contributed by atoms with Crippen molar-refractivity contribution < 1.29 is 9.53 Å². The van der Waals surface area contributed by atoms with Gasteiger partial charge in [0.15, 0.2) is 5.78 Å². The zero-order valence-electron chi connectivity index (χ0n) is 10.0. The molecule has 0 saturated heterocycles. The van der Waals surface area contributed by atoms with E-state index >= 15 is 0 Å². The van der Waals surface area contributed by atoms with E-state index in [4.69, 9.17) is 16.3 Å². The normalized spacial score (nSPS) is 11.0. The van der Waals surface area contributed by atoms with E-state index in [9.17, 15) is 4.79 Å².